The molecule has 0 amide bonds. The highest BCUT2D eigenvalue weighted by Gasteiger charge is 2.19. The van der Waals surface area contributed by atoms with Gasteiger partial charge in [0.05, 0.1) is 5.02 Å². The fourth-order valence-electron chi connectivity index (χ4n) is 1.80. The molecule has 6 heteroatoms. The van der Waals surface area contributed by atoms with Crippen LogP contribution in [-0.2, 0) is 6.54 Å². The van der Waals surface area contributed by atoms with E-state index in [-0.39, 0.29) is 5.56 Å². The normalized spacial score (nSPS) is 10.7. The van der Waals surface area contributed by atoms with Crippen LogP contribution in [0.4, 0.5) is 0 Å². The van der Waals surface area contributed by atoms with Gasteiger partial charge in [-0.05, 0) is 24.6 Å². The Morgan fingerprint density at radius 1 is 1.42 bits per heavy atom. The van der Waals surface area contributed by atoms with Gasteiger partial charge >= 0.3 is 5.97 Å². The predicted octanol–water partition coefficient (Wildman–Crippen LogP) is 3.97. The molecular weight excluding hydrogens is 287 g/mol. The lowest BCUT2D eigenvalue weighted by Crippen LogP contribution is -1.97. The van der Waals surface area contributed by atoms with Gasteiger partial charge in [0.15, 0.2) is 0 Å². The third-order valence-corrected chi connectivity index (χ3v) is 3.18. The molecule has 2 rings (SSSR count). The van der Waals surface area contributed by atoms with Crippen LogP contribution in [-0.4, -0.2) is 20.9 Å². The van der Waals surface area contributed by atoms with Crippen LogP contribution in [0, 0.1) is 0 Å². The Kier molecular flexibility index (Phi) is 4.12. The molecule has 0 saturated carbocycles. The highest BCUT2D eigenvalue weighted by atomic mass is 35.5. The number of benzene rings is 1. The Morgan fingerprint density at radius 2 is 2.16 bits per heavy atom. The molecule has 100 valence electrons. The minimum atomic E-state index is -1.02. The summed E-state index contributed by atoms with van der Waals surface area (Å²) in [6, 6.07) is 4.91. The quantitative estimate of drug-likeness (QED) is 0.929. The van der Waals surface area contributed by atoms with Gasteiger partial charge in [-0.3, -0.25) is 4.68 Å². The van der Waals surface area contributed by atoms with E-state index < -0.39 is 5.97 Å². The van der Waals surface area contributed by atoms with Crippen LogP contribution < -0.4 is 0 Å². The molecule has 0 fully saturated rings. The summed E-state index contributed by atoms with van der Waals surface area (Å²) < 4.78 is 1.61. The third-order valence-electron chi connectivity index (χ3n) is 2.63. The molecule has 0 radical (unpaired) electrons. The van der Waals surface area contributed by atoms with E-state index in [0.29, 0.717) is 27.8 Å². The summed E-state index contributed by atoms with van der Waals surface area (Å²) in [5.41, 5.74) is 1.07. The van der Waals surface area contributed by atoms with Gasteiger partial charge < -0.3 is 5.11 Å². The molecule has 1 aromatic heterocycles. The summed E-state index contributed by atoms with van der Waals surface area (Å²) >= 11 is 11.9. The molecule has 0 bridgehead atoms. The van der Waals surface area contributed by atoms with Crippen molar-refractivity contribution in [1.82, 2.24) is 9.78 Å². The van der Waals surface area contributed by atoms with E-state index in [2.05, 4.69) is 5.10 Å². The lowest BCUT2D eigenvalue weighted by Gasteiger charge is -2.03. The van der Waals surface area contributed by atoms with Crippen LogP contribution in [0.1, 0.15) is 23.7 Å². The highest BCUT2D eigenvalue weighted by molar-refractivity contribution is 6.36. The molecule has 1 N–H and O–H groups in total. The lowest BCUT2D eigenvalue weighted by molar-refractivity contribution is 0.0697. The van der Waals surface area contributed by atoms with Gasteiger partial charge in [0.25, 0.3) is 0 Å². The van der Waals surface area contributed by atoms with Gasteiger partial charge in [-0.15, -0.1) is 0 Å². The molecular formula is C13H12Cl2N2O2. The summed E-state index contributed by atoms with van der Waals surface area (Å²) in [5.74, 6) is -1.02. The van der Waals surface area contributed by atoms with Crippen molar-refractivity contribution in [2.24, 2.45) is 0 Å². The molecule has 0 unspecified atom stereocenters. The van der Waals surface area contributed by atoms with Crippen LogP contribution in [0.25, 0.3) is 11.3 Å². The Balaban J connectivity index is 2.56. The second-order valence-electron chi connectivity index (χ2n) is 4.08. The zero-order valence-corrected chi connectivity index (χ0v) is 11.7. The van der Waals surface area contributed by atoms with E-state index in [1.807, 2.05) is 6.92 Å². The number of carboxylic acids is 1. The van der Waals surface area contributed by atoms with Gasteiger partial charge in [0.1, 0.15) is 11.3 Å². The van der Waals surface area contributed by atoms with Crippen molar-refractivity contribution in [3.63, 3.8) is 0 Å². The number of carboxylic acid groups (broad SMARTS) is 1. The molecule has 0 aliphatic heterocycles. The van der Waals surface area contributed by atoms with Gasteiger partial charge in [-0.1, -0.05) is 30.1 Å². The summed E-state index contributed by atoms with van der Waals surface area (Å²) in [6.45, 7) is 2.66. The van der Waals surface area contributed by atoms with Crippen molar-refractivity contribution >= 4 is 29.2 Å². The van der Waals surface area contributed by atoms with Crippen molar-refractivity contribution in [2.45, 2.75) is 19.9 Å². The molecule has 0 saturated heterocycles. The SMILES string of the molecule is CCCn1cc(C(=O)O)c(-c2ccc(Cl)cc2Cl)n1. The Morgan fingerprint density at radius 3 is 2.74 bits per heavy atom. The zero-order valence-electron chi connectivity index (χ0n) is 10.2. The minimum absolute atomic E-state index is 0.137. The zero-order chi connectivity index (χ0) is 14.0. The number of halogens is 2. The second kappa shape index (κ2) is 5.63. The fraction of sp³-hybridized carbons (Fsp3) is 0.231. The Labute approximate surface area is 120 Å². The van der Waals surface area contributed by atoms with Crippen molar-refractivity contribution in [2.75, 3.05) is 0 Å². The van der Waals surface area contributed by atoms with E-state index >= 15 is 0 Å². The van der Waals surface area contributed by atoms with Crippen molar-refractivity contribution < 1.29 is 9.90 Å². The third kappa shape index (κ3) is 2.91. The maximum atomic E-state index is 11.3. The molecule has 1 heterocycles. The average Bonchev–Trinajstić information content (AvgIpc) is 2.73. The molecule has 19 heavy (non-hydrogen) atoms. The maximum absolute atomic E-state index is 11.3. The molecule has 0 aliphatic rings. The molecule has 4 nitrogen and oxygen atoms in total. The summed E-state index contributed by atoms with van der Waals surface area (Å²) in [5, 5.41) is 14.4. The first-order chi connectivity index (χ1) is 9.02. The van der Waals surface area contributed by atoms with E-state index in [0.717, 1.165) is 6.42 Å². The molecule has 1 aromatic carbocycles. The second-order valence-corrected chi connectivity index (χ2v) is 4.93. The van der Waals surface area contributed by atoms with Crippen LogP contribution in [0.15, 0.2) is 24.4 Å². The van der Waals surface area contributed by atoms with Crippen LogP contribution in [0.3, 0.4) is 0 Å². The van der Waals surface area contributed by atoms with Crippen LogP contribution in [0.2, 0.25) is 10.0 Å². The molecule has 2 aromatic rings. The van der Waals surface area contributed by atoms with Gasteiger partial charge in [0.2, 0.25) is 0 Å². The standard InChI is InChI=1S/C13H12Cl2N2O2/c1-2-5-17-7-10(13(18)19)12(16-17)9-4-3-8(14)6-11(9)15/h3-4,6-7H,2,5H2,1H3,(H,18,19). The summed E-state index contributed by atoms with van der Waals surface area (Å²) in [6.07, 6.45) is 2.39. The predicted molar refractivity (Wildman–Crippen MR) is 74.9 cm³/mol. The average molecular weight is 299 g/mol. The maximum Gasteiger partial charge on any atom is 0.339 e. The van der Waals surface area contributed by atoms with E-state index in [1.54, 1.807) is 22.9 Å². The van der Waals surface area contributed by atoms with Gasteiger partial charge in [-0.2, -0.15) is 5.10 Å². The monoisotopic (exact) mass is 298 g/mol. The largest absolute Gasteiger partial charge is 0.478 e. The van der Waals surface area contributed by atoms with Gasteiger partial charge in [-0.25, -0.2) is 4.79 Å². The number of hydrogen-bond donors (Lipinski definition) is 1. The van der Waals surface area contributed by atoms with Crippen molar-refractivity contribution in [3.8, 4) is 11.3 Å². The molecule has 0 atom stereocenters. The Hall–Kier alpha value is -1.52. The van der Waals surface area contributed by atoms with E-state index in [9.17, 15) is 9.90 Å². The first-order valence-electron chi connectivity index (χ1n) is 5.79. The smallest absolute Gasteiger partial charge is 0.339 e. The molecule has 0 spiro atoms. The Bertz CT molecular complexity index is 623. The van der Waals surface area contributed by atoms with Crippen molar-refractivity contribution in [1.29, 1.82) is 0 Å². The summed E-state index contributed by atoms with van der Waals surface area (Å²) in [7, 11) is 0. The number of carbonyl (C=O) groups is 1. The van der Waals surface area contributed by atoms with Crippen molar-refractivity contribution in [3.05, 3.63) is 40.0 Å². The fourth-order valence-corrected chi connectivity index (χ4v) is 2.30. The lowest BCUT2D eigenvalue weighted by atomic mass is 10.1. The number of hydrogen-bond acceptors (Lipinski definition) is 2. The number of aromatic nitrogens is 2. The van der Waals surface area contributed by atoms with Crippen LogP contribution >= 0.6 is 23.2 Å². The number of rotatable bonds is 4. The van der Waals surface area contributed by atoms with E-state index in [4.69, 9.17) is 23.2 Å². The first-order valence-corrected chi connectivity index (χ1v) is 6.54. The van der Waals surface area contributed by atoms with E-state index in [1.165, 1.54) is 6.20 Å². The topological polar surface area (TPSA) is 55.1 Å². The number of nitrogens with zero attached hydrogens (tertiary/aromatic N) is 2. The number of aryl methyl sites for hydroxylation is 1. The minimum Gasteiger partial charge on any atom is -0.478 e. The first kappa shape index (κ1) is 13.9. The van der Waals surface area contributed by atoms with Crippen LogP contribution in [0.5, 0.6) is 0 Å². The highest BCUT2D eigenvalue weighted by Crippen LogP contribution is 2.31. The number of aromatic carboxylic acids is 1. The molecule has 0 aliphatic carbocycles. The van der Waals surface area contributed by atoms with Gasteiger partial charge in [0, 0.05) is 23.3 Å². The summed E-state index contributed by atoms with van der Waals surface area (Å²) in [4.78, 5) is 11.3.